The maximum atomic E-state index is 13.9. The van der Waals surface area contributed by atoms with E-state index in [2.05, 4.69) is 10.6 Å². The highest BCUT2D eigenvalue weighted by Gasteiger charge is 2.07. The molecule has 154 valence electrons. The fourth-order valence-corrected chi connectivity index (χ4v) is 3.61. The second kappa shape index (κ2) is 10.4. The average Bonchev–Trinajstić information content (AvgIpc) is 3.24. The molecule has 3 rings (SSSR count). The van der Waals surface area contributed by atoms with Gasteiger partial charge in [0.1, 0.15) is 11.6 Å². The van der Waals surface area contributed by atoms with E-state index in [-0.39, 0.29) is 17.6 Å². The molecule has 5 nitrogen and oxygen atoms in total. The van der Waals surface area contributed by atoms with Crippen molar-refractivity contribution in [1.29, 1.82) is 0 Å². The lowest BCUT2D eigenvalue weighted by molar-refractivity contribution is -0.116. The van der Waals surface area contributed by atoms with Gasteiger partial charge in [0.15, 0.2) is 0 Å². The lowest BCUT2D eigenvalue weighted by Crippen LogP contribution is -2.33. The summed E-state index contributed by atoms with van der Waals surface area (Å²) in [4.78, 5) is 25.6. The number of thiophene rings is 1. The van der Waals surface area contributed by atoms with Crippen LogP contribution in [-0.2, 0) is 4.79 Å². The quantitative estimate of drug-likeness (QED) is 0.422. The number of nitrogens with one attached hydrogen (secondary N) is 2. The number of carbonyl (C=O) groups excluding carboxylic acids is 2. The van der Waals surface area contributed by atoms with Gasteiger partial charge >= 0.3 is 0 Å². The number of benzene rings is 2. The molecule has 30 heavy (non-hydrogen) atoms. The molecule has 0 saturated carbocycles. The van der Waals surface area contributed by atoms with Gasteiger partial charge in [-0.25, -0.2) is 4.39 Å². The molecule has 2 N–H and O–H groups in total. The van der Waals surface area contributed by atoms with Gasteiger partial charge in [-0.15, -0.1) is 11.3 Å². The average molecular weight is 424 g/mol. The van der Waals surface area contributed by atoms with E-state index in [9.17, 15) is 14.0 Å². The molecule has 0 aliphatic carbocycles. The molecule has 0 aliphatic heterocycles. The number of rotatable bonds is 8. The predicted octanol–water partition coefficient (Wildman–Crippen LogP) is 4.12. The third kappa shape index (κ3) is 5.78. The summed E-state index contributed by atoms with van der Waals surface area (Å²) in [6.45, 7) is 0.608. The molecule has 0 unspecified atom stereocenters. The molecule has 0 spiro atoms. The minimum absolute atomic E-state index is 0.221. The van der Waals surface area contributed by atoms with Crippen molar-refractivity contribution in [2.24, 2.45) is 0 Å². The minimum atomic E-state index is -0.274. The van der Waals surface area contributed by atoms with Crippen LogP contribution in [0.15, 0.2) is 66.7 Å². The van der Waals surface area contributed by atoms with Gasteiger partial charge in [0.2, 0.25) is 5.91 Å². The van der Waals surface area contributed by atoms with E-state index in [0.717, 1.165) is 9.75 Å². The van der Waals surface area contributed by atoms with Crippen molar-refractivity contribution in [2.45, 2.75) is 0 Å². The molecule has 3 aromatic rings. The number of amides is 2. The fraction of sp³-hybridized carbons (Fsp3) is 0.130. The molecule has 0 saturated heterocycles. The molecular weight excluding hydrogens is 403 g/mol. The van der Waals surface area contributed by atoms with Gasteiger partial charge in [-0.05, 0) is 48.5 Å². The van der Waals surface area contributed by atoms with Crippen LogP contribution in [0.4, 0.5) is 4.39 Å². The number of carbonyl (C=O) groups is 2. The first kappa shape index (κ1) is 21.3. The first-order chi connectivity index (χ1) is 14.6. The van der Waals surface area contributed by atoms with Gasteiger partial charge in [0.05, 0.1) is 7.11 Å². The zero-order chi connectivity index (χ0) is 21.3. The molecule has 0 radical (unpaired) electrons. The van der Waals surface area contributed by atoms with Crippen molar-refractivity contribution in [3.05, 3.63) is 83.0 Å². The predicted molar refractivity (Wildman–Crippen MR) is 117 cm³/mol. The van der Waals surface area contributed by atoms with Crippen LogP contribution in [0.1, 0.15) is 15.2 Å². The Labute approximate surface area is 178 Å². The Morgan fingerprint density at radius 2 is 1.73 bits per heavy atom. The van der Waals surface area contributed by atoms with Crippen molar-refractivity contribution in [3.8, 4) is 16.2 Å². The summed E-state index contributed by atoms with van der Waals surface area (Å²) in [5.41, 5.74) is 1.06. The Hall–Kier alpha value is -3.45. The van der Waals surface area contributed by atoms with Crippen LogP contribution in [0.3, 0.4) is 0 Å². The standard InChI is InChI=1S/C23H21FN2O3S/c1-29-17-8-6-16(7-9-17)23(28)26-15-14-25-22(27)13-11-18-10-12-21(30-18)19-4-2-3-5-20(19)24/h2-13H,14-15H2,1H3,(H,25,27)(H,26,28)/b13-11+. The van der Waals surface area contributed by atoms with E-state index in [1.54, 1.807) is 55.7 Å². The van der Waals surface area contributed by atoms with Crippen LogP contribution < -0.4 is 15.4 Å². The lowest BCUT2D eigenvalue weighted by atomic mass is 10.2. The van der Waals surface area contributed by atoms with Crippen LogP contribution in [-0.4, -0.2) is 32.0 Å². The maximum absolute atomic E-state index is 13.9. The van der Waals surface area contributed by atoms with Crippen molar-refractivity contribution >= 4 is 29.2 Å². The molecule has 1 aromatic heterocycles. The normalized spacial score (nSPS) is 10.7. The molecule has 7 heteroatoms. The maximum Gasteiger partial charge on any atom is 0.251 e. The molecule has 0 bridgehead atoms. The summed E-state index contributed by atoms with van der Waals surface area (Å²) in [5.74, 6) is -0.0853. The molecule has 1 heterocycles. The zero-order valence-electron chi connectivity index (χ0n) is 16.4. The number of methoxy groups -OCH3 is 1. The summed E-state index contributed by atoms with van der Waals surface area (Å²) in [5, 5.41) is 5.45. The largest absolute Gasteiger partial charge is 0.497 e. The van der Waals surface area contributed by atoms with E-state index < -0.39 is 0 Å². The monoisotopic (exact) mass is 424 g/mol. The lowest BCUT2D eigenvalue weighted by Gasteiger charge is -2.06. The summed E-state index contributed by atoms with van der Waals surface area (Å²) < 4.78 is 18.9. The SMILES string of the molecule is COc1ccc(C(=O)NCCNC(=O)/C=C/c2ccc(-c3ccccc3F)s2)cc1. The first-order valence-electron chi connectivity index (χ1n) is 9.30. The van der Waals surface area contributed by atoms with E-state index in [1.165, 1.54) is 23.5 Å². The van der Waals surface area contributed by atoms with Crippen LogP contribution in [0.2, 0.25) is 0 Å². The van der Waals surface area contributed by atoms with E-state index >= 15 is 0 Å². The Balaban J connectivity index is 1.43. The van der Waals surface area contributed by atoms with Crippen LogP contribution in [0.5, 0.6) is 5.75 Å². The van der Waals surface area contributed by atoms with Crippen molar-refractivity contribution < 1.29 is 18.7 Å². The summed E-state index contributed by atoms with van der Waals surface area (Å²) in [6, 6.07) is 17.0. The van der Waals surface area contributed by atoms with E-state index in [1.807, 2.05) is 12.1 Å². The number of hydrogen-bond acceptors (Lipinski definition) is 4. The van der Waals surface area contributed by atoms with Gasteiger partial charge in [-0.2, -0.15) is 0 Å². The molecule has 2 amide bonds. The Bertz CT molecular complexity index is 1040. The van der Waals surface area contributed by atoms with Crippen molar-refractivity contribution in [3.63, 3.8) is 0 Å². The second-order valence-corrected chi connectivity index (χ2v) is 7.41. The molecule has 0 fully saturated rings. The highest BCUT2D eigenvalue weighted by molar-refractivity contribution is 7.16. The second-order valence-electron chi connectivity index (χ2n) is 6.29. The van der Waals surface area contributed by atoms with Crippen LogP contribution in [0, 0.1) is 5.82 Å². The fourth-order valence-electron chi connectivity index (χ4n) is 2.67. The van der Waals surface area contributed by atoms with Crippen molar-refractivity contribution in [1.82, 2.24) is 10.6 Å². The minimum Gasteiger partial charge on any atom is -0.497 e. The highest BCUT2D eigenvalue weighted by Crippen LogP contribution is 2.30. The van der Waals surface area contributed by atoms with E-state index in [4.69, 9.17) is 4.74 Å². The zero-order valence-corrected chi connectivity index (χ0v) is 17.2. The third-order valence-corrected chi connectivity index (χ3v) is 5.31. The molecular formula is C23H21FN2O3S. The van der Waals surface area contributed by atoms with E-state index in [0.29, 0.717) is 30.0 Å². The first-order valence-corrected chi connectivity index (χ1v) is 10.1. The van der Waals surface area contributed by atoms with Crippen molar-refractivity contribution in [2.75, 3.05) is 20.2 Å². The van der Waals surface area contributed by atoms with Gasteiger partial charge in [0, 0.05) is 40.0 Å². The highest BCUT2D eigenvalue weighted by atomic mass is 32.1. The molecule has 2 aromatic carbocycles. The number of ether oxygens (including phenoxy) is 1. The summed E-state index contributed by atoms with van der Waals surface area (Å²) in [6.07, 6.45) is 3.10. The topological polar surface area (TPSA) is 67.4 Å². The van der Waals surface area contributed by atoms with Crippen LogP contribution in [0.25, 0.3) is 16.5 Å². The Morgan fingerprint density at radius 3 is 2.47 bits per heavy atom. The van der Waals surface area contributed by atoms with Gasteiger partial charge in [-0.1, -0.05) is 18.2 Å². The summed E-state index contributed by atoms with van der Waals surface area (Å²) >= 11 is 1.40. The molecule has 0 aliphatic rings. The Morgan fingerprint density at radius 1 is 1.00 bits per heavy atom. The summed E-state index contributed by atoms with van der Waals surface area (Å²) in [7, 11) is 1.56. The smallest absolute Gasteiger partial charge is 0.251 e. The Kier molecular flexibility index (Phi) is 7.34. The number of hydrogen-bond donors (Lipinski definition) is 2. The number of halogens is 1. The molecule has 0 atom stereocenters. The van der Waals surface area contributed by atoms with Gasteiger partial charge in [-0.3, -0.25) is 9.59 Å². The van der Waals surface area contributed by atoms with Gasteiger partial charge < -0.3 is 15.4 Å². The van der Waals surface area contributed by atoms with Gasteiger partial charge in [0.25, 0.3) is 5.91 Å². The van der Waals surface area contributed by atoms with Crippen LogP contribution >= 0.6 is 11.3 Å². The third-order valence-electron chi connectivity index (χ3n) is 4.23.